The molecule has 0 fully saturated rings. The number of benzene rings is 3. The lowest BCUT2D eigenvalue weighted by Gasteiger charge is -2.19. The van der Waals surface area contributed by atoms with Gasteiger partial charge in [-0.25, -0.2) is 4.90 Å². The van der Waals surface area contributed by atoms with Crippen LogP contribution in [0, 0.1) is 13.8 Å². The molecule has 0 radical (unpaired) electrons. The maximum atomic E-state index is 13.4. The van der Waals surface area contributed by atoms with Gasteiger partial charge in [-0.1, -0.05) is 18.2 Å². The van der Waals surface area contributed by atoms with Crippen molar-refractivity contribution in [1.29, 1.82) is 0 Å². The lowest BCUT2D eigenvalue weighted by Crippen LogP contribution is -2.31. The lowest BCUT2D eigenvalue weighted by atomic mass is 10.1. The largest absolute Gasteiger partial charge is 0.457 e. The van der Waals surface area contributed by atoms with E-state index in [0.717, 1.165) is 23.3 Å². The molecular formula is C23H16F3NO3. The minimum Gasteiger partial charge on any atom is -0.457 e. The van der Waals surface area contributed by atoms with Gasteiger partial charge in [0, 0.05) is 0 Å². The number of hydrogen-bond donors (Lipinski definition) is 0. The summed E-state index contributed by atoms with van der Waals surface area (Å²) in [5.41, 5.74) is 0.604. The molecule has 1 aliphatic rings. The fraction of sp³-hybridized carbons (Fsp3) is 0.130. The van der Waals surface area contributed by atoms with Gasteiger partial charge in [-0.3, -0.25) is 9.59 Å². The highest BCUT2D eigenvalue weighted by Crippen LogP contribution is 2.40. The van der Waals surface area contributed by atoms with Crippen LogP contribution >= 0.6 is 0 Å². The minimum atomic E-state index is -4.70. The second-order valence-corrected chi connectivity index (χ2v) is 7.02. The van der Waals surface area contributed by atoms with E-state index < -0.39 is 29.2 Å². The van der Waals surface area contributed by atoms with Crippen LogP contribution in [0.1, 0.15) is 37.4 Å². The number of carbonyl (C=O) groups excluding carboxylic acids is 2. The second kappa shape index (κ2) is 7.02. The van der Waals surface area contributed by atoms with Crippen LogP contribution in [-0.2, 0) is 6.18 Å². The first-order valence-electron chi connectivity index (χ1n) is 9.11. The Hall–Kier alpha value is -3.61. The van der Waals surface area contributed by atoms with E-state index in [1.54, 1.807) is 6.07 Å². The standard InChI is InChI=1S/C23H16F3NO3/c1-13-7-8-15(11-14(13)2)30-16-9-10-17-18(12-16)22(29)27(21(17)28)20-6-4-3-5-19(20)23(24,25)26/h3-12H,1-2H3. The highest BCUT2D eigenvalue weighted by Gasteiger charge is 2.42. The minimum absolute atomic E-state index is 0.00156. The molecule has 152 valence electrons. The van der Waals surface area contributed by atoms with E-state index in [9.17, 15) is 22.8 Å². The van der Waals surface area contributed by atoms with Crippen LogP contribution in [0.15, 0.2) is 60.7 Å². The summed E-state index contributed by atoms with van der Waals surface area (Å²) in [6.07, 6.45) is -4.70. The Morgan fingerprint density at radius 3 is 2.10 bits per heavy atom. The Morgan fingerprint density at radius 2 is 1.40 bits per heavy atom. The molecule has 4 rings (SSSR count). The van der Waals surface area contributed by atoms with Crippen LogP contribution in [0.4, 0.5) is 18.9 Å². The van der Waals surface area contributed by atoms with Crippen LogP contribution in [0.3, 0.4) is 0 Å². The van der Waals surface area contributed by atoms with E-state index in [4.69, 9.17) is 4.74 Å². The molecule has 7 heteroatoms. The molecule has 0 aliphatic carbocycles. The van der Waals surface area contributed by atoms with Gasteiger partial charge in [0.2, 0.25) is 0 Å². The Labute approximate surface area is 170 Å². The average molecular weight is 411 g/mol. The topological polar surface area (TPSA) is 46.6 Å². The summed E-state index contributed by atoms with van der Waals surface area (Å²) in [7, 11) is 0. The molecule has 0 bridgehead atoms. The summed E-state index contributed by atoms with van der Waals surface area (Å²) < 4.78 is 45.9. The molecule has 1 heterocycles. The summed E-state index contributed by atoms with van der Waals surface area (Å²) in [6, 6.07) is 14.3. The van der Waals surface area contributed by atoms with Crippen molar-refractivity contribution in [2.45, 2.75) is 20.0 Å². The quantitative estimate of drug-likeness (QED) is 0.503. The molecule has 0 spiro atoms. The monoisotopic (exact) mass is 411 g/mol. The third-order valence-corrected chi connectivity index (χ3v) is 5.02. The van der Waals surface area contributed by atoms with E-state index in [2.05, 4.69) is 0 Å². The SMILES string of the molecule is Cc1ccc(Oc2ccc3c(c2)C(=O)N(c2ccccc2C(F)(F)F)C3=O)cc1C. The zero-order valence-electron chi connectivity index (χ0n) is 16.1. The smallest absolute Gasteiger partial charge is 0.418 e. The number of anilines is 1. The van der Waals surface area contributed by atoms with Gasteiger partial charge in [0.1, 0.15) is 11.5 Å². The Morgan fingerprint density at radius 1 is 0.767 bits per heavy atom. The van der Waals surface area contributed by atoms with Crippen LogP contribution in [0.5, 0.6) is 11.5 Å². The van der Waals surface area contributed by atoms with Gasteiger partial charge in [-0.2, -0.15) is 13.2 Å². The number of hydrogen-bond acceptors (Lipinski definition) is 3. The zero-order chi connectivity index (χ0) is 21.6. The third-order valence-electron chi connectivity index (χ3n) is 5.02. The zero-order valence-corrected chi connectivity index (χ0v) is 16.1. The molecule has 30 heavy (non-hydrogen) atoms. The van der Waals surface area contributed by atoms with Crippen molar-refractivity contribution >= 4 is 17.5 Å². The maximum absolute atomic E-state index is 13.4. The van der Waals surface area contributed by atoms with Crippen LogP contribution < -0.4 is 9.64 Å². The van der Waals surface area contributed by atoms with Crippen molar-refractivity contribution in [3.8, 4) is 11.5 Å². The van der Waals surface area contributed by atoms with Gasteiger partial charge in [0.15, 0.2) is 0 Å². The molecule has 0 aromatic heterocycles. The van der Waals surface area contributed by atoms with Crippen molar-refractivity contribution in [1.82, 2.24) is 0 Å². The van der Waals surface area contributed by atoms with Crippen molar-refractivity contribution in [3.05, 3.63) is 88.5 Å². The van der Waals surface area contributed by atoms with Gasteiger partial charge < -0.3 is 4.74 Å². The van der Waals surface area contributed by atoms with Crippen LogP contribution in [0.25, 0.3) is 0 Å². The number of carbonyl (C=O) groups is 2. The fourth-order valence-electron chi connectivity index (χ4n) is 3.32. The summed E-state index contributed by atoms with van der Waals surface area (Å²) >= 11 is 0. The van der Waals surface area contributed by atoms with Crippen molar-refractivity contribution < 1.29 is 27.5 Å². The highest BCUT2D eigenvalue weighted by atomic mass is 19.4. The van der Waals surface area contributed by atoms with Gasteiger partial charge in [0.25, 0.3) is 11.8 Å². The summed E-state index contributed by atoms with van der Waals surface area (Å²) in [4.78, 5) is 26.2. The van der Waals surface area contributed by atoms with Crippen molar-refractivity contribution in [2.75, 3.05) is 4.90 Å². The van der Waals surface area contributed by atoms with Gasteiger partial charge in [0.05, 0.1) is 22.4 Å². The van der Waals surface area contributed by atoms with E-state index in [1.165, 1.54) is 30.3 Å². The second-order valence-electron chi connectivity index (χ2n) is 7.02. The number of nitrogens with zero attached hydrogens (tertiary/aromatic N) is 1. The number of halogens is 3. The molecular weight excluding hydrogens is 395 g/mol. The van der Waals surface area contributed by atoms with Crippen molar-refractivity contribution in [2.24, 2.45) is 0 Å². The molecule has 0 atom stereocenters. The van der Waals surface area contributed by atoms with E-state index in [0.29, 0.717) is 16.4 Å². The van der Waals surface area contributed by atoms with E-state index >= 15 is 0 Å². The van der Waals surface area contributed by atoms with Crippen LogP contribution in [-0.4, -0.2) is 11.8 Å². The number of fused-ring (bicyclic) bond motifs is 1. The number of amides is 2. The molecule has 3 aromatic carbocycles. The fourth-order valence-corrected chi connectivity index (χ4v) is 3.32. The predicted octanol–water partition coefficient (Wildman–Crippen LogP) is 5.92. The number of alkyl halides is 3. The number of imide groups is 1. The van der Waals surface area contributed by atoms with Crippen LogP contribution in [0.2, 0.25) is 0 Å². The first-order valence-corrected chi connectivity index (χ1v) is 9.11. The first kappa shape index (κ1) is 19.7. The maximum Gasteiger partial charge on any atom is 0.418 e. The Kier molecular flexibility index (Phi) is 4.61. The number of ether oxygens (including phenoxy) is 1. The van der Waals surface area contributed by atoms with Gasteiger partial charge in [-0.15, -0.1) is 0 Å². The van der Waals surface area contributed by atoms with Gasteiger partial charge in [-0.05, 0) is 67.4 Å². The summed E-state index contributed by atoms with van der Waals surface area (Å²) in [6.45, 7) is 3.90. The van der Waals surface area contributed by atoms with E-state index in [-0.39, 0.29) is 11.1 Å². The Balaban J connectivity index is 1.70. The molecule has 4 nitrogen and oxygen atoms in total. The molecule has 1 aliphatic heterocycles. The first-order chi connectivity index (χ1) is 14.2. The lowest BCUT2D eigenvalue weighted by molar-refractivity contribution is -0.137. The average Bonchev–Trinajstić information content (AvgIpc) is 2.94. The van der Waals surface area contributed by atoms with Gasteiger partial charge >= 0.3 is 6.18 Å². The Bertz CT molecular complexity index is 1180. The van der Waals surface area contributed by atoms with Crippen molar-refractivity contribution in [3.63, 3.8) is 0 Å². The summed E-state index contributed by atoms with van der Waals surface area (Å²) in [5.74, 6) is -0.764. The molecule has 0 unspecified atom stereocenters. The molecule has 2 amide bonds. The van der Waals surface area contributed by atoms with E-state index in [1.807, 2.05) is 26.0 Å². The predicted molar refractivity (Wildman–Crippen MR) is 105 cm³/mol. The number of para-hydroxylation sites is 1. The number of rotatable bonds is 3. The molecule has 3 aromatic rings. The molecule has 0 saturated carbocycles. The normalized spacial score (nSPS) is 13.6. The number of aryl methyl sites for hydroxylation is 2. The third kappa shape index (κ3) is 3.32. The molecule has 0 N–H and O–H groups in total. The molecule has 0 saturated heterocycles. The summed E-state index contributed by atoms with van der Waals surface area (Å²) in [5, 5.41) is 0. The highest BCUT2D eigenvalue weighted by molar-refractivity contribution is 6.34.